The van der Waals surface area contributed by atoms with Gasteiger partial charge in [0.1, 0.15) is 5.82 Å². The zero-order chi connectivity index (χ0) is 11.3. The fourth-order valence-electron chi connectivity index (χ4n) is 1.39. The van der Waals surface area contributed by atoms with Gasteiger partial charge in [0.15, 0.2) is 5.78 Å². The number of halogens is 1. The first-order valence-electron chi connectivity index (χ1n) is 4.86. The zero-order valence-corrected chi connectivity index (χ0v) is 8.66. The molecular formula is C11H15FN2O. The number of nitrogens with one attached hydrogen (secondary N) is 1. The quantitative estimate of drug-likeness (QED) is 0.711. The molecule has 0 aromatic heterocycles. The van der Waals surface area contributed by atoms with Gasteiger partial charge in [-0.1, -0.05) is 0 Å². The molecule has 1 unspecified atom stereocenters. The van der Waals surface area contributed by atoms with Crippen molar-refractivity contribution in [3.8, 4) is 0 Å². The van der Waals surface area contributed by atoms with Gasteiger partial charge in [-0.25, -0.2) is 4.39 Å². The summed E-state index contributed by atoms with van der Waals surface area (Å²) in [5.41, 5.74) is 5.90. The summed E-state index contributed by atoms with van der Waals surface area (Å²) in [6.45, 7) is 0.443. The van der Waals surface area contributed by atoms with E-state index in [0.717, 1.165) is 0 Å². The monoisotopic (exact) mass is 210 g/mol. The van der Waals surface area contributed by atoms with E-state index >= 15 is 0 Å². The molecule has 0 aliphatic rings. The molecule has 1 aromatic carbocycles. The van der Waals surface area contributed by atoms with E-state index < -0.39 is 0 Å². The van der Waals surface area contributed by atoms with Gasteiger partial charge in [-0.2, -0.15) is 0 Å². The van der Waals surface area contributed by atoms with Crippen LogP contribution in [0, 0.1) is 5.82 Å². The topological polar surface area (TPSA) is 55.1 Å². The van der Waals surface area contributed by atoms with Gasteiger partial charge < -0.3 is 11.1 Å². The molecule has 0 saturated heterocycles. The average molecular weight is 210 g/mol. The summed E-state index contributed by atoms with van der Waals surface area (Å²) in [7, 11) is 1.71. The highest BCUT2D eigenvalue weighted by Crippen LogP contribution is 2.07. The second kappa shape index (κ2) is 5.58. The highest BCUT2D eigenvalue weighted by Gasteiger charge is 2.16. The predicted molar refractivity (Wildman–Crippen MR) is 57.2 cm³/mol. The van der Waals surface area contributed by atoms with Crippen molar-refractivity contribution in [1.29, 1.82) is 0 Å². The van der Waals surface area contributed by atoms with Crippen LogP contribution in [0.1, 0.15) is 16.8 Å². The molecule has 0 bridgehead atoms. The van der Waals surface area contributed by atoms with Crippen molar-refractivity contribution in [2.24, 2.45) is 5.73 Å². The van der Waals surface area contributed by atoms with E-state index in [0.29, 0.717) is 18.5 Å². The summed E-state index contributed by atoms with van der Waals surface area (Å²) >= 11 is 0. The molecule has 3 N–H and O–H groups in total. The number of carbonyl (C=O) groups excluding carboxylic acids is 1. The summed E-state index contributed by atoms with van der Waals surface area (Å²) in [6.07, 6.45) is 0.576. The molecular weight excluding hydrogens is 195 g/mol. The largest absolute Gasteiger partial charge is 0.330 e. The number of likely N-dealkylation sites (N-methyl/N-ethyl adjacent to an activating group) is 1. The maximum Gasteiger partial charge on any atom is 0.179 e. The van der Waals surface area contributed by atoms with Crippen LogP contribution in [0.4, 0.5) is 4.39 Å². The molecule has 1 rings (SSSR count). The molecule has 0 aliphatic heterocycles. The fourth-order valence-corrected chi connectivity index (χ4v) is 1.39. The van der Waals surface area contributed by atoms with E-state index in [1.165, 1.54) is 24.3 Å². The van der Waals surface area contributed by atoms with Crippen LogP contribution < -0.4 is 11.1 Å². The van der Waals surface area contributed by atoms with Gasteiger partial charge in [-0.05, 0) is 44.3 Å². The molecule has 0 saturated carbocycles. The second-order valence-corrected chi connectivity index (χ2v) is 3.29. The van der Waals surface area contributed by atoms with Crippen LogP contribution in [0.25, 0.3) is 0 Å². The third-order valence-corrected chi connectivity index (χ3v) is 2.25. The summed E-state index contributed by atoms with van der Waals surface area (Å²) in [6, 6.07) is 5.24. The molecule has 1 aromatic rings. The molecule has 0 amide bonds. The van der Waals surface area contributed by atoms with Gasteiger partial charge in [0, 0.05) is 5.56 Å². The highest BCUT2D eigenvalue weighted by molar-refractivity contribution is 6.00. The summed E-state index contributed by atoms with van der Waals surface area (Å²) in [4.78, 5) is 11.8. The van der Waals surface area contributed by atoms with Crippen LogP contribution in [-0.2, 0) is 0 Å². The van der Waals surface area contributed by atoms with Crippen molar-refractivity contribution < 1.29 is 9.18 Å². The van der Waals surface area contributed by atoms with Crippen LogP contribution in [0.3, 0.4) is 0 Å². The molecule has 0 fully saturated rings. The van der Waals surface area contributed by atoms with Crippen LogP contribution in [0.5, 0.6) is 0 Å². The maximum absolute atomic E-state index is 12.6. The van der Waals surface area contributed by atoms with E-state index in [9.17, 15) is 9.18 Å². The minimum atomic E-state index is -0.341. The fraction of sp³-hybridized carbons (Fsp3) is 0.364. The van der Waals surface area contributed by atoms with E-state index in [4.69, 9.17) is 5.73 Å². The third-order valence-electron chi connectivity index (χ3n) is 2.25. The van der Waals surface area contributed by atoms with Crippen molar-refractivity contribution in [1.82, 2.24) is 5.32 Å². The molecule has 3 nitrogen and oxygen atoms in total. The molecule has 15 heavy (non-hydrogen) atoms. The van der Waals surface area contributed by atoms with Gasteiger partial charge >= 0.3 is 0 Å². The van der Waals surface area contributed by atoms with Crippen molar-refractivity contribution in [3.05, 3.63) is 35.6 Å². The van der Waals surface area contributed by atoms with Gasteiger partial charge in [0.2, 0.25) is 0 Å². The Morgan fingerprint density at radius 1 is 1.47 bits per heavy atom. The van der Waals surface area contributed by atoms with Gasteiger partial charge in [-0.3, -0.25) is 4.79 Å². The number of carbonyl (C=O) groups is 1. The number of hydrogen-bond donors (Lipinski definition) is 2. The molecule has 0 spiro atoms. The van der Waals surface area contributed by atoms with Crippen LogP contribution in [0.15, 0.2) is 24.3 Å². The minimum Gasteiger partial charge on any atom is -0.330 e. The Hall–Kier alpha value is -1.26. The molecule has 1 atom stereocenters. The Morgan fingerprint density at radius 3 is 2.53 bits per heavy atom. The van der Waals surface area contributed by atoms with Gasteiger partial charge in [-0.15, -0.1) is 0 Å². The number of hydrogen-bond acceptors (Lipinski definition) is 3. The molecule has 0 aliphatic carbocycles. The first-order valence-corrected chi connectivity index (χ1v) is 4.86. The lowest BCUT2D eigenvalue weighted by Crippen LogP contribution is -2.35. The second-order valence-electron chi connectivity index (χ2n) is 3.29. The molecule has 82 valence electrons. The van der Waals surface area contributed by atoms with Crippen molar-refractivity contribution in [3.63, 3.8) is 0 Å². The number of benzene rings is 1. The van der Waals surface area contributed by atoms with E-state index in [1.54, 1.807) is 7.05 Å². The SMILES string of the molecule is CNC(CCN)C(=O)c1ccc(F)cc1. The number of Topliss-reactive ketones (excluding diaryl/α,β-unsaturated/α-hetero) is 1. The van der Waals surface area contributed by atoms with Gasteiger partial charge in [0.05, 0.1) is 6.04 Å². The van der Waals surface area contributed by atoms with Crippen LogP contribution >= 0.6 is 0 Å². The molecule has 0 heterocycles. The van der Waals surface area contributed by atoms with Crippen LogP contribution in [0.2, 0.25) is 0 Å². The Morgan fingerprint density at radius 2 is 2.07 bits per heavy atom. The minimum absolute atomic E-state index is 0.0528. The summed E-state index contributed by atoms with van der Waals surface area (Å²) < 4.78 is 12.6. The first kappa shape index (κ1) is 11.8. The maximum atomic E-state index is 12.6. The predicted octanol–water partition coefficient (Wildman–Crippen LogP) is 0.945. The first-order chi connectivity index (χ1) is 7.19. The number of ketones is 1. The number of nitrogens with two attached hydrogens (primary N) is 1. The summed E-state index contributed by atoms with van der Waals surface area (Å²) in [5.74, 6) is -0.394. The van der Waals surface area contributed by atoms with Crippen LogP contribution in [-0.4, -0.2) is 25.4 Å². The molecule has 4 heteroatoms. The lowest BCUT2D eigenvalue weighted by molar-refractivity contribution is 0.0943. The lowest BCUT2D eigenvalue weighted by atomic mass is 10.0. The summed E-state index contributed by atoms with van der Waals surface area (Å²) in [5, 5.41) is 2.89. The highest BCUT2D eigenvalue weighted by atomic mass is 19.1. The van der Waals surface area contributed by atoms with Crippen molar-refractivity contribution in [2.75, 3.05) is 13.6 Å². The number of rotatable bonds is 5. The third kappa shape index (κ3) is 3.11. The Balaban J connectivity index is 2.78. The molecule has 0 radical (unpaired) electrons. The normalized spacial score (nSPS) is 12.5. The smallest absolute Gasteiger partial charge is 0.179 e. The van der Waals surface area contributed by atoms with E-state index in [2.05, 4.69) is 5.32 Å². The van der Waals surface area contributed by atoms with E-state index in [-0.39, 0.29) is 17.6 Å². The standard InChI is InChI=1S/C11H15FN2O/c1-14-10(6-7-13)11(15)8-2-4-9(12)5-3-8/h2-5,10,14H,6-7,13H2,1H3. The Labute approximate surface area is 88.5 Å². The van der Waals surface area contributed by atoms with Crippen molar-refractivity contribution >= 4 is 5.78 Å². The average Bonchev–Trinajstić information content (AvgIpc) is 2.26. The van der Waals surface area contributed by atoms with E-state index in [1.807, 2.05) is 0 Å². The zero-order valence-electron chi connectivity index (χ0n) is 8.66. The lowest BCUT2D eigenvalue weighted by Gasteiger charge is -2.13. The van der Waals surface area contributed by atoms with Gasteiger partial charge in [0.25, 0.3) is 0 Å². The Bertz CT molecular complexity index is 324. The Kier molecular flexibility index (Phi) is 4.39. The van der Waals surface area contributed by atoms with Crippen molar-refractivity contribution in [2.45, 2.75) is 12.5 Å².